The number of fused-ring (bicyclic) bond motifs is 1. The molecule has 1 heterocycles. The van der Waals surface area contributed by atoms with E-state index in [-0.39, 0.29) is 12.0 Å². The topological polar surface area (TPSA) is 46.3 Å². The molecule has 1 aromatic rings. The maximum Gasteiger partial charge on any atom is 0.226 e. The van der Waals surface area contributed by atoms with Gasteiger partial charge in [-0.1, -0.05) is 31.2 Å². The number of hydrogen-bond acceptors (Lipinski definition) is 2. The Labute approximate surface area is 114 Å². The zero-order valence-corrected chi connectivity index (χ0v) is 11.5. The molecule has 3 nitrogen and oxygen atoms in total. The maximum absolute atomic E-state index is 12.6. The summed E-state index contributed by atoms with van der Waals surface area (Å²) in [5, 5.41) is 0. The van der Waals surface area contributed by atoms with Crippen molar-refractivity contribution in [3.05, 3.63) is 35.4 Å². The lowest BCUT2D eigenvalue weighted by Crippen LogP contribution is -2.51. The average Bonchev–Trinajstić information content (AvgIpc) is 2.85. The Balaban J connectivity index is 1.67. The summed E-state index contributed by atoms with van der Waals surface area (Å²) in [7, 11) is 0. The average molecular weight is 258 g/mol. The van der Waals surface area contributed by atoms with E-state index in [0.717, 1.165) is 32.4 Å². The Bertz CT molecular complexity index is 460. The van der Waals surface area contributed by atoms with Crippen LogP contribution in [0.3, 0.4) is 0 Å². The first-order valence-corrected chi connectivity index (χ1v) is 7.26. The molecule has 0 saturated carbocycles. The summed E-state index contributed by atoms with van der Waals surface area (Å²) >= 11 is 0. The van der Waals surface area contributed by atoms with Gasteiger partial charge >= 0.3 is 0 Å². The first-order valence-electron chi connectivity index (χ1n) is 7.26. The minimum Gasteiger partial charge on any atom is -0.341 e. The van der Waals surface area contributed by atoms with Crippen LogP contribution in [0.1, 0.15) is 24.5 Å². The van der Waals surface area contributed by atoms with Crippen LogP contribution in [0.25, 0.3) is 0 Å². The van der Waals surface area contributed by atoms with Crippen LogP contribution in [0.2, 0.25) is 0 Å². The fraction of sp³-hybridized carbons (Fsp3) is 0.562. The number of amides is 1. The lowest BCUT2D eigenvalue weighted by Gasteiger charge is -2.36. The number of hydrogen-bond donors (Lipinski definition) is 1. The van der Waals surface area contributed by atoms with Crippen LogP contribution in [-0.4, -0.2) is 29.9 Å². The van der Waals surface area contributed by atoms with Crippen molar-refractivity contribution >= 4 is 5.91 Å². The van der Waals surface area contributed by atoms with E-state index in [1.807, 2.05) is 4.90 Å². The number of carbonyl (C=O) groups is 1. The summed E-state index contributed by atoms with van der Waals surface area (Å²) < 4.78 is 0. The highest BCUT2D eigenvalue weighted by Gasteiger charge is 2.33. The van der Waals surface area contributed by atoms with Crippen LogP contribution >= 0.6 is 0 Å². The van der Waals surface area contributed by atoms with Gasteiger partial charge in [0.2, 0.25) is 5.91 Å². The molecule has 1 aliphatic heterocycles. The molecule has 1 saturated heterocycles. The molecule has 3 rings (SSSR count). The van der Waals surface area contributed by atoms with E-state index in [9.17, 15) is 4.79 Å². The van der Waals surface area contributed by atoms with Gasteiger partial charge in [0.1, 0.15) is 0 Å². The molecule has 0 bridgehead atoms. The summed E-state index contributed by atoms with van der Waals surface area (Å²) in [6.07, 6.45) is 2.83. The van der Waals surface area contributed by atoms with Crippen LogP contribution in [0.15, 0.2) is 24.3 Å². The summed E-state index contributed by atoms with van der Waals surface area (Å²) in [6.45, 7) is 3.78. The fourth-order valence-corrected chi connectivity index (χ4v) is 3.29. The summed E-state index contributed by atoms with van der Waals surface area (Å²) in [5.74, 6) is 0.974. The van der Waals surface area contributed by atoms with Crippen molar-refractivity contribution in [2.75, 3.05) is 13.1 Å². The molecular formula is C16H22N2O. The predicted octanol–water partition coefficient (Wildman–Crippen LogP) is 1.60. The van der Waals surface area contributed by atoms with Crippen LogP contribution in [0, 0.1) is 11.8 Å². The second kappa shape index (κ2) is 4.97. The van der Waals surface area contributed by atoms with Gasteiger partial charge in [-0.15, -0.1) is 0 Å². The van der Waals surface area contributed by atoms with Gasteiger partial charge in [-0.2, -0.15) is 0 Å². The predicted molar refractivity (Wildman–Crippen MR) is 75.7 cm³/mol. The molecule has 1 fully saturated rings. The Morgan fingerprint density at radius 3 is 2.47 bits per heavy atom. The van der Waals surface area contributed by atoms with Gasteiger partial charge in [0.15, 0.2) is 0 Å². The van der Waals surface area contributed by atoms with E-state index >= 15 is 0 Å². The van der Waals surface area contributed by atoms with E-state index in [1.54, 1.807) is 0 Å². The standard InChI is InChI=1S/C16H22N2O/c1-11-6-7-18(10-15(11)17)16(19)14-8-12-4-2-3-5-13(12)9-14/h2-5,11,14-15H,6-10,17H2,1H3. The molecule has 1 aromatic carbocycles. The maximum atomic E-state index is 12.6. The van der Waals surface area contributed by atoms with Crippen LogP contribution in [0.5, 0.6) is 0 Å². The summed E-state index contributed by atoms with van der Waals surface area (Å²) in [6, 6.07) is 8.55. The number of piperidine rings is 1. The van der Waals surface area contributed by atoms with Crippen molar-refractivity contribution in [3.8, 4) is 0 Å². The van der Waals surface area contributed by atoms with E-state index in [4.69, 9.17) is 5.73 Å². The molecular weight excluding hydrogens is 236 g/mol. The van der Waals surface area contributed by atoms with Crippen LogP contribution < -0.4 is 5.73 Å². The van der Waals surface area contributed by atoms with Gasteiger partial charge in [0, 0.05) is 25.0 Å². The minimum atomic E-state index is 0.137. The highest BCUT2D eigenvalue weighted by Crippen LogP contribution is 2.29. The summed E-state index contributed by atoms with van der Waals surface area (Å²) in [5.41, 5.74) is 8.78. The van der Waals surface area contributed by atoms with Crippen molar-refractivity contribution in [3.63, 3.8) is 0 Å². The lowest BCUT2D eigenvalue weighted by molar-refractivity contribution is -0.136. The smallest absolute Gasteiger partial charge is 0.226 e. The number of nitrogens with two attached hydrogens (primary N) is 1. The molecule has 2 atom stereocenters. The molecule has 19 heavy (non-hydrogen) atoms. The first-order chi connectivity index (χ1) is 9.15. The number of carbonyl (C=O) groups excluding carboxylic acids is 1. The van der Waals surface area contributed by atoms with E-state index < -0.39 is 0 Å². The van der Waals surface area contributed by atoms with Crippen molar-refractivity contribution in [2.24, 2.45) is 17.6 Å². The van der Waals surface area contributed by atoms with E-state index in [0.29, 0.717) is 11.8 Å². The highest BCUT2D eigenvalue weighted by molar-refractivity contribution is 5.80. The van der Waals surface area contributed by atoms with Gasteiger partial charge < -0.3 is 10.6 Å². The third kappa shape index (κ3) is 2.39. The first kappa shape index (κ1) is 12.7. The van der Waals surface area contributed by atoms with E-state index in [2.05, 4.69) is 31.2 Å². The molecule has 102 valence electrons. The van der Waals surface area contributed by atoms with Crippen molar-refractivity contribution in [1.29, 1.82) is 0 Å². The molecule has 2 N–H and O–H groups in total. The Kier molecular flexibility index (Phi) is 3.31. The van der Waals surface area contributed by atoms with Crippen LogP contribution in [-0.2, 0) is 17.6 Å². The number of nitrogens with zero attached hydrogens (tertiary/aromatic N) is 1. The zero-order valence-electron chi connectivity index (χ0n) is 11.5. The van der Waals surface area contributed by atoms with Crippen LogP contribution in [0.4, 0.5) is 0 Å². The quantitative estimate of drug-likeness (QED) is 0.831. The number of likely N-dealkylation sites (tertiary alicyclic amines) is 1. The lowest BCUT2D eigenvalue weighted by atomic mass is 9.93. The van der Waals surface area contributed by atoms with Gasteiger partial charge in [-0.3, -0.25) is 4.79 Å². The fourth-order valence-electron chi connectivity index (χ4n) is 3.29. The van der Waals surface area contributed by atoms with Crippen molar-refractivity contribution < 1.29 is 4.79 Å². The van der Waals surface area contributed by atoms with Crippen molar-refractivity contribution in [1.82, 2.24) is 4.90 Å². The molecule has 3 heteroatoms. The van der Waals surface area contributed by atoms with E-state index in [1.165, 1.54) is 11.1 Å². The number of benzene rings is 1. The largest absolute Gasteiger partial charge is 0.341 e. The van der Waals surface area contributed by atoms with Gasteiger partial charge in [0.05, 0.1) is 0 Å². The minimum absolute atomic E-state index is 0.137. The molecule has 0 spiro atoms. The number of rotatable bonds is 1. The Morgan fingerprint density at radius 1 is 1.26 bits per heavy atom. The Morgan fingerprint density at radius 2 is 1.89 bits per heavy atom. The molecule has 1 amide bonds. The Hall–Kier alpha value is -1.35. The molecule has 0 radical (unpaired) electrons. The van der Waals surface area contributed by atoms with Crippen molar-refractivity contribution in [2.45, 2.75) is 32.2 Å². The third-order valence-corrected chi connectivity index (χ3v) is 4.73. The molecule has 2 unspecified atom stereocenters. The SMILES string of the molecule is CC1CCN(C(=O)C2Cc3ccccc3C2)CC1N. The van der Waals surface area contributed by atoms with Gasteiger partial charge in [0.25, 0.3) is 0 Å². The third-order valence-electron chi connectivity index (χ3n) is 4.73. The monoisotopic (exact) mass is 258 g/mol. The van der Waals surface area contributed by atoms with Gasteiger partial charge in [-0.25, -0.2) is 0 Å². The second-order valence-electron chi connectivity index (χ2n) is 6.09. The molecule has 0 aromatic heterocycles. The zero-order chi connectivity index (χ0) is 13.4. The normalized spacial score (nSPS) is 27.4. The second-order valence-corrected chi connectivity index (χ2v) is 6.09. The molecule has 1 aliphatic carbocycles. The highest BCUT2D eigenvalue weighted by atomic mass is 16.2. The summed E-state index contributed by atoms with van der Waals surface area (Å²) in [4.78, 5) is 14.6. The van der Waals surface area contributed by atoms with Gasteiger partial charge in [-0.05, 0) is 36.3 Å². The molecule has 2 aliphatic rings.